The van der Waals surface area contributed by atoms with Crippen molar-refractivity contribution in [3.63, 3.8) is 0 Å². The Bertz CT molecular complexity index is 1300. The molecule has 172 valence electrons. The molecule has 0 unspecified atom stereocenters. The number of hydrogen-bond acceptors (Lipinski definition) is 7. The Morgan fingerprint density at radius 1 is 1.15 bits per heavy atom. The lowest BCUT2D eigenvalue weighted by atomic mass is 9.81. The lowest BCUT2D eigenvalue weighted by Gasteiger charge is -2.42. The molecule has 33 heavy (non-hydrogen) atoms. The number of aryl methyl sites for hydroxylation is 1. The molecule has 1 aromatic carbocycles. The first-order chi connectivity index (χ1) is 15.9. The normalized spacial score (nSPS) is 24.6. The molecule has 2 aliphatic carbocycles. The highest BCUT2D eigenvalue weighted by molar-refractivity contribution is 7.99. The summed E-state index contributed by atoms with van der Waals surface area (Å²) in [6, 6.07) is 11.4. The second kappa shape index (κ2) is 8.65. The maximum Gasteiger partial charge on any atom is 0.269 e. The van der Waals surface area contributed by atoms with Gasteiger partial charge in [0.2, 0.25) is 0 Å². The van der Waals surface area contributed by atoms with Gasteiger partial charge in [-0.05, 0) is 62.5 Å². The summed E-state index contributed by atoms with van der Waals surface area (Å²) < 4.78 is 27.7. The van der Waals surface area contributed by atoms with Gasteiger partial charge in [-0.15, -0.1) is 0 Å². The smallest absolute Gasteiger partial charge is 0.269 e. The molecule has 0 saturated heterocycles. The van der Waals surface area contributed by atoms with Gasteiger partial charge in [-0.1, -0.05) is 17.7 Å². The second-order valence-corrected chi connectivity index (χ2v) is 12.4. The number of fused-ring (bicyclic) bond motifs is 1. The molecule has 0 spiro atoms. The Morgan fingerprint density at radius 3 is 2.58 bits per heavy atom. The fourth-order valence-corrected chi connectivity index (χ4v) is 7.47. The van der Waals surface area contributed by atoms with Crippen molar-refractivity contribution in [3.8, 4) is 6.07 Å². The minimum atomic E-state index is -3.74. The Hall–Kier alpha value is -2.57. The molecule has 0 atom stereocenters. The maximum absolute atomic E-state index is 13.2. The molecule has 0 amide bonds. The van der Waals surface area contributed by atoms with Crippen molar-refractivity contribution in [1.82, 2.24) is 13.9 Å². The quantitative estimate of drug-likeness (QED) is 0.499. The first-order valence-electron chi connectivity index (χ1n) is 11.2. The third-order valence-corrected chi connectivity index (χ3v) is 10.1. The summed E-state index contributed by atoms with van der Waals surface area (Å²) >= 11 is 2.02. The minimum absolute atomic E-state index is 0.242. The number of hydrogen-bond donors (Lipinski definition) is 0. The van der Waals surface area contributed by atoms with Crippen molar-refractivity contribution in [3.05, 3.63) is 48.4 Å². The van der Waals surface area contributed by atoms with Gasteiger partial charge in [0.25, 0.3) is 10.0 Å². The SMILES string of the molecule is Cc1ccc(S(=O)(=O)n2ccc3c(N(C)C4CC(CSC5CC(C#N)C5)C4)ncnc32)cc1. The monoisotopic (exact) mass is 481 g/mol. The highest BCUT2D eigenvalue weighted by atomic mass is 32.2. The molecule has 2 aromatic heterocycles. The average molecular weight is 482 g/mol. The van der Waals surface area contributed by atoms with Gasteiger partial charge in [-0.2, -0.15) is 17.0 Å². The Kier molecular flexibility index (Phi) is 5.83. The maximum atomic E-state index is 13.2. The van der Waals surface area contributed by atoms with E-state index in [-0.39, 0.29) is 10.8 Å². The lowest BCUT2D eigenvalue weighted by Crippen LogP contribution is -2.44. The van der Waals surface area contributed by atoms with Crippen LogP contribution in [0.5, 0.6) is 0 Å². The van der Waals surface area contributed by atoms with Crippen LogP contribution in [0, 0.1) is 30.1 Å². The Labute approximate surface area is 198 Å². The van der Waals surface area contributed by atoms with Crippen LogP contribution in [0.1, 0.15) is 31.2 Å². The number of aromatic nitrogens is 3. The fraction of sp³-hybridized carbons (Fsp3) is 0.458. The second-order valence-electron chi connectivity index (χ2n) is 9.22. The van der Waals surface area contributed by atoms with Crippen LogP contribution in [-0.4, -0.2) is 46.5 Å². The highest BCUT2D eigenvalue weighted by Crippen LogP contribution is 2.42. The van der Waals surface area contributed by atoms with Gasteiger partial charge in [0.05, 0.1) is 16.4 Å². The Morgan fingerprint density at radius 2 is 1.88 bits per heavy atom. The summed E-state index contributed by atoms with van der Waals surface area (Å²) in [5, 5.41) is 10.3. The van der Waals surface area contributed by atoms with Crippen LogP contribution in [0.2, 0.25) is 0 Å². The van der Waals surface area contributed by atoms with Crippen LogP contribution in [-0.2, 0) is 10.0 Å². The number of benzene rings is 1. The molecular weight excluding hydrogens is 454 g/mol. The Balaban J connectivity index is 1.29. The van der Waals surface area contributed by atoms with Gasteiger partial charge in [0.15, 0.2) is 5.65 Å². The van der Waals surface area contributed by atoms with Crippen molar-refractivity contribution in [2.24, 2.45) is 11.8 Å². The summed E-state index contributed by atoms with van der Waals surface area (Å²) in [5.74, 6) is 2.87. The largest absolute Gasteiger partial charge is 0.356 e. The lowest BCUT2D eigenvalue weighted by molar-refractivity contribution is 0.284. The zero-order valence-corrected chi connectivity index (χ0v) is 20.4. The molecule has 5 rings (SSSR count). The van der Waals surface area contributed by atoms with Crippen molar-refractivity contribution in [1.29, 1.82) is 5.26 Å². The van der Waals surface area contributed by atoms with E-state index in [0.717, 1.165) is 48.2 Å². The first kappa shape index (κ1) is 22.2. The molecule has 9 heteroatoms. The predicted molar refractivity (Wildman–Crippen MR) is 131 cm³/mol. The fourth-order valence-electron chi connectivity index (χ4n) is 4.62. The summed E-state index contributed by atoms with van der Waals surface area (Å²) in [7, 11) is -1.70. The van der Waals surface area contributed by atoms with Crippen LogP contribution >= 0.6 is 11.8 Å². The topological polar surface area (TPSA) is 91.9 Å². The average Bonchev–Trinajstić information content (AvgIpc) is 3.19. The van der Waals surface area contributed by atoms with Crippen LogP contribution in [0.3, 0.4) is 0 Å². The molecule has 2 fully saturated rings. The van der Waals surface area contributed by atoms with Crippen LogP contribution < -0.4 is 4.90 Å². The third-order valence-electron chi connectivity index (χ3n) is 6.94. The van der Waals surface area contributed by atoms with E-state index in [0.29, 0.717) is 22.9 Å². The van der Waals surface area contributed by atoms with Crippen molar-refractivity contribution in [2.45, 2.75) is 48.8 Å². The molecule has 2 heterocycles. The first-order valence-corrected chi connectivity index (χ1v) is 13.7. The van der Waals surface area contributed by atoms with E-state index in [1.807, 2.05) is 25.7 Å². The summed E-state index contributed by atoms with van der Waals surface area (Å²) in [4.78, 5) is 11.2. The molecule has 3 aromatic rings. The van der Waals surface area contributed by atoms with Gasteiger partial charge in [0.1, 0.15) is 12.1 Å². The van der Waals surface area contributed by atoms with E-state index < -0.39 is 10.0 Å². The number of thioether (sulfide) groups is 1. The molecule has 0 radical (unpaired) electrons. The van der Waals surface area contributed by atoms with Gasteiger partial charge in [0, 0.05) is 30.5 Å². The van der Waals surface area contributed by atoms with Crippen LogP contribution in [0.15, 0.2) is 47.8 Å². The van der Waals surface area contributed by atoms with E-state index in [4.69, 9.17) is 5.26 Å². The molecule has 0 bridgehead atoms. The van der Waals surface area contributed by atoms with Crippen LogP contribution in [0.25, 0.3) is 11.0 Å². The molecular formula is C24H27N5O2S2. The van der Waals surface area contributed by atoms with Crippen molar-refractivity contribution in [2.75, 3.05) is 17.7 Å². The zero-order valence-electron chi connectivity index (χ0n) is 18.8. The van der Waals surface area contributed by atoms with E-state index in [1.54, 1.807) is 36.5 Å². The predicted octanol–water partition coefficient (Wildman–Crippen LogP) is 4.23. The van der Waals surface area contributed by atoms with E-state index in [2.05, 4.69) is 20.9 Å². The molecule has 0 N–H and O–H groups in total. The number of nitriles is 1. The molecule has 2 aliphatic rings. The number of rotatable bonds is 7. The summed E-state index contributed by atoms with van der Waals surface area (Å²) in [5.41, 5.74) is 1.41. The van der Waals surface area contributed by atoms with Crippen molar-refractivity contribution < 1.29 is 8.42 Å². The summed E-state index contributed by atoms with van der Waals surface area (Å²) in [6.07, 6.45) is 7.30. The van der Waals surface area contributed by atoms with E-state index >= 15 is 0 Å². The van der Waals surface area contributed by atoms with Gasteiger partial charge < -0.3 is 4.90 Å². The molecule has 0 aliphatic heterocycles. The standard InChI is InChI=1S/C24H27N5O2S2/c1-16-3-5-21(6-4-16)33(30,31)29-8-7-22-23(26-15-27-24(22)29)28(2)19-9-18(10-19)14-32-20-11-17(12-20)13-25/h3-8,15,17-20H,9-12,14H2,1-2H3. The third kappa shape index (κ3) is 4.11. The molecule has 2 saturated carbocycles. The van der Waals surface area contributed by atoms with E-state index in [9.17, 15) is 8.42 Å². The minimum Gasteiger partial charge on any atom is -0.356 e. The van der Waals surface area contributed by atoms with Gasteiger partial charge in [-0.3, -0.25) is 0 Å². The zero-order chi connectivity index (χ0) is 23.2. The molecule has 7 nitrogen and oxygen atoms in total. The number of anilines is 1. The van der Waals surface area contributed by atoms with Crippen molar-refractivity contribution >= 4 is 38.6 Å². The van der Waals surface area contributed by atoms with E-state index in [1.165, 1.54) is 10.3 Å². The van der Waals surface area contributed by atoms with Gasteiger partial charge >= 0.3 is 0 Å². The number of nitrogens with zero attached hydrogens (tertiary/aromatic N) is 5. The highest BCUT2D eigenvalue weighted by Gasteiger charge is 2.36. The van der Waals surface area contributed by atoms with Crippen LogP contribution in [0.4, 0.5) is 5.82 Å². The van der Waals surface area contributed by atoms with Gasteiger partial charge in [-0.25, -0.2) is 22.4 Å². The summed E-state index contributed by atoms with van der Waals surface area (Å²) in [6.45, 7) is 1.93.